The van der Waals surface area contributed by atoms with Crippen LogP contribution in [0.3, 0.4) is 0 Å². The van der Waals surface area contributed by atoms with E-state index in [9.17, 15) is 0 Å². The molecule has 0 bridgehead atoms. The zero-order valence-corrected chi connectivity index (χ0v) is 57.2. The SMILES string of the molecule is CCCCc1ccc2c(sc3ccccc32)c1N1c2cc(-n3c4ccccc4c4cc(C(C)(C)C)ccc43)ccc2B2c3ccc(-n4c5ccccc5c5cc(C(C)(C)C)ccc54)cc3N(c3c(CCCC)ccc4c3sc3ccccc34)c3cc(C(C)(C)C)cc1c32. The molecule has 0 spiro atoms. The van der Waals surface area contributed by atoms with Gasteiger partial charge in [0.25, 0.3) is 6.71 Å². The van der Waals surface area contributed by atoms with Gasteiger partial charge in [-0.05, 0) is 171 Å². The molecule has 6 heterocycles. The molecule has 0 amide bonds. The van der Waals surface area contributed by atoms with Gasteiger partial charge in [-0.2, -0.15) is 0 Å². The summed E-state index contributed by atoms with van der Waals surface area (Å²) in [5.74, 6) is 0. The average molecular weight is 1240 g/mol. The summed E-state index contributed by atoms with van der Waals surface area (Å²) in [6.45, 7) is 25.8. The van der Waals surface area contributed by atoms with Gasteiger partial charge >= 0.3 is 0 Å². The summed E-state index contributed by atoms with van der Waals surface area (Å²) in [5.41, 5.74) is 25.4. The molecule has 0 atom stereocenters. The lowest BCUT2D eigenvalue weighted by molar-refractivity contribution is 0.590. The summed E-state index contributed by atoms with van der Waals surface area (Å²) in [6, 6.07) is 81.1. The Morgan fingerprint density at radius 3 is 1.16 bits per heavy atom. The molecule has 15 aromatic rings. The van der Waals surface area contributed by atoms with Crippen molar-refractivity contribution in [3.63, 3.8) is 0 Å². The van der Waals surface area contributed by atoms with E-state index in [0.717, 1.165) is 49.9 Å². The predicted molar refractivity (Wildman–Crippen MR) is 408 cm³/mol. The van der Waals surface area contributed by atoms with Crippen LogP contribution in [0.1, 0.15) is 130 Å². The van der Waals surface area contributed by atoms with Crippen molar-refractivity contribution in [1.29, 1.82) is 0 Å². The number of fused-ring (bicyclic) bond motifs is 16. The molecule has 17 rings (SSSR count). The normalized spacial score (nSPS) is 13.5. The lowest BCUT2D eigenvalue weighted by Gasteiger charge is -2.46. The van der Waals surface area contributed by atoms with Crippen molar-refractivity contribution < 1.29 is 0 Å². The van der Waals surface area contributed by atoms with E-state index in [1.165, 1.54) is 162 Å². The zero-order chi connectivity index (χ0) is 63.6. The minimum absolute atomic E-state index is 0.00132. The first-order valence-electron chi connectivity index (χ1n) is 34.0. The molecule has 2 aliphatic rings. The molecule has 2 aliphatic heterocycles. The first kappa shape index (κ1) is 58.0. The lowest BCUT2D eigenvalue weighted by atomic mass is 9.33. The molecule has 0 aliphatic carbocycles. The molecule has 0 unspecified atom stereocenters. The molecule has 4 nitrogen and oxygen atoms in total. The molecule has 0 radical (unpaired) electrons. The fourth-order valence-electron chi connectivity index (χ4n) is 15.9. The Labute approximate surface area is 555 Å². The highest BCUT2D eigenvalue weighted by atomic mass is 32.1. The first-order chi connectivity index (χ1) is 45.0. The number of para-hydroxylation sites is 2. The van der Waals surface area contributed by atoms with Crippen molar-refractivity contribution >= 4 is 164 Å². The number of benzene rings is 11. The van der Waals surface area contributed by atoms with Crippen LogP contribution < -0.4 is 26.2 Å². The van der Waals surface area contributed by atoms with E-state index < -0.39 is 0 Å². The summed E-state index contributed by atoms with van der Waals surface area (Å²) >= 11 is 3.93. The number of aromatic nitrogens is 2. The standard InChI is InChI=1S/C86H79BN4S2/c1-12-14-24-52-34-40-63-61-28-18-22-32-77(61)92-82(63)80(52)90-73-50-57(88-69-30-20-16-26-59(69)65-46-54(84(3,4)5)36-44-71(65)88)38-42-67(73)87-68-43-39-58(89-70-31-21-17-27-60(70)66-47-55(85(6,7)8)37-45-72(66)89)51-74(68)91(76-49-56(86(9,10)11)48-75(90)79(76)87)81-53(25-15-13-2)35-41-64-62-29-19-23-33-78(62)93-83(64)81/h16-23,26-51H,12-15,24-25H2,1-11H3. The summed E-state index contributed by atoms with van der Waals surface area (Å²) in [5, 5.41) is 10.4. The molecular weight excluding hydrogens is 1160 g/mol. The number of hydrogen-bond donors (Lipinski definition) is 0. The third-order valence-electron chi connectivity index (χ3n) is 20.8. The number of nitrogens with zero attached hydrogens (tertiary/aromatic N) is 4. The summed E-state index contributed by atoms with van der Waals surface area (Å²) in [4.78, 5) is 5.61. The Bertz CT molecular complexity index is 5260. The third-order valence-corrected chi connectivity index (χ3v) is 23.1. The third kappa shape index (κ3) is 8.96. The summed E-state index contributed by atoms with van der Waals surface area (Å²) in [6.07, 6.45) is 6.35. The maximum absolute atomic E-state index is 2.80. The van der Waals surface area contributed by atoms with Gasteiger partial charge in [0.05, 0.1) is 42.8 Å². The number of hydrogen-bond acceptors (Lipinski definition) is 4. The fraction of sp³-hybridized carbons (Fsp3) is 0.233. The van der Waals surface area contributed by atoms with Gasteiger partial charge in [-0.1, -0.05) is 210 Å². The number of aryl methyl sites for hydroxylation is 2. The molecule has 0 N–H and O–H groups in total. The van der Waals surface area contributed by atoms with Crippen LogP contribution in [0.2, 0.25) is 0 Å². The van der Waals surface area contributed by atoms with Crippen molar-refractivity contribution in [2.24, 2.45) is 0 Å². The van der Waals surface area contributed by atoms with Crippen LogP contribution in [0, 0.1) is 0 Å². The summed E-state index contributed by atoms with van der Waals surface area (Å²) in [7, 11) is 0. The van der Waals surface area contributed by atoms with Gasteiger partial charge < -0.3 is 18.9 Å². The number of unbranched alkanes of at least 4 members (excludes halogenated alkanes) is 2. The maximum Gasteiger partial charge on any atom is 0.252 e. The van der Waals surface area contributed by atoms with Gasteiger partial charge in [0.2, 0.25) is 0 Å². The van der Waals surface area contributed by atoms with Crippen molar-refractivity contribution in [3.05, 3.63) is 234 Å². The molecule has 4 aromatic heterocycles. The van der Waals surface area contributed by atoms with Crippen LogP contribution in [0.15, 0.2) is 206 Å². The number of thiophene rings is 2. The maximum atomic E-state index is 2.80. The number of rotatable bonds is 10. The van der Waals surface area contributed by atoms with Crippen molar-refractivity contribution in [2.75, 3.05) is 9.80 Å². The Morgan fingerprint density at radius 1 is 0.344 bits per heavy atom. The Kier molecular flexibility index (Phi) is 13.3. The highest BCUT2D eigenvalue weighted by Crippen LogP contribution is 2.54. The van der Waals surface area contributed by atoms with E-state index in [4.69, 9.17) is 0 Å². The van der Waals surface area contributed by atoms with Gasteiger partial charge in [0, 0.05) is 86.6 Å². The van der Waals surface area contributed by atoms with Crippen molar-refractivity contribution in [3.8, 4) is 11.4 Å². The Morgan fingerprint density at radius 2 is 0.742 bits per heavy atom. The highest BCUT2D eigenvalue weighted by Gasteiger charge is 2.46. The molecule has 7 heteroatoms. The van der Waals surface area contributed by atoms with E-state index >= 15 is 0 Å². The van der Waals surface area contributed by atoms with E-state index in [-0.39, 0.29) is 23.0 Å². The van der Waals surface area contributed by atoms with Crippen molar-refractivity contribution in [2.45, 2.75) is 131 Å². The molecule has 458 valence electrons. The monoisotopic (exact) mass is 1240 g/mol. The topological polar surface area (TPSA) is 16.3 Å². The van der Waals surface area contributed by atoms with Crippen molar-refractivity contribution in [1.82, 2.24) is 9.13 Å². The Hall–Kier alpha value is -8.88. The van der Waals surface area contributed by atoms with Gasteiger partial charge in [0.1, 0.15) is 0 Å². The smallest absolute Gasteiger partial charge is 0.252 e. The predicted octanol–water partition coefficient (Wildman–Crippen LogP) is 23.3. The van der Waals surface area contributed by atoms with Gasteiger partial charge in [-0.25, -0.2) is 0 Å². The van der Waals surface area contributed by atoms with Crippen LogP contribution in [0.4, 0.5) is 34.1 Å². The van der Waals surface area contributed by atoms with E-state index in [1.807, 2.05) is 22.7 Å². The van der Waals surface area contributed by atoms with Crippen LogP contribution in [-0.4, -0.2) is 15.8 Å². The zero-order valence-electron chi connectivity index (χ0n) is 55.6. The van der Waals surface area contributed by atoms with Crippen LogP contribution >= 0.6 is 22.7 Å². The largest absolute Gasteiger partial charge is 0.310 e. The summed E-state index contributed by atoms with van der Waals surface area (Å²) < 4.78 is 10.4. The molecule has 0 saturated carbocycles. The Balaban J connectivity index is 1.03. The van der Waals surface area contributed by atoms with Gasteiger partial charge in [-0.15, -0.1) is 22.7 Å². The molecule has 0 fully saturated rings. The van der Waals surface area contributed by atoms with Crippen LogP contribution in [0.5, 0.6) is 0 Å². The highest BCUT2D eigenvalue weighted by molar-refractivity contribution is 7.27. The quantitative estimate of drug-likeness (QED) is 0.127. The lowest BCUT2D eigenvalue weighted by Crippen LogP contribution is -2.61. The number of anilines is 6. The van der Waals surface area contributed by atoms with Gasteiger partial charge in [0.15, 0.2) is 0 Å². The molecular formula is C86H79BN4S2. The second kappa shape index (κ2) is 21.3. The van der Waals surface area contributed by atoms with E-state index in [0.29, 0.717) is 0 Å². The van der Waals surface area contributed by atoms with Crippen LogP contribution in [0.25, 0.3) is 95.3 Å². The second-order valence-corrected chi connectivity index (χ2v) is 31.8. The molecule has 93 heavy (non-hydrogen) atoms. The van der Waals surface area contributed by atoms with E-state index in [2.05, 4.69) is 301 Å². The fourth-order valence-corrected chi connectivity index (χ4v) is 18.4. The second-order valence-electron chi connectivity index (χ2n) is 29.7. The minimum atomic E-state index is -0.226. The first-order valence-corrected chi connectivity index (χ1v) is 35.6. The van der Waals surface area contributed by atoms with Gasteiger partial charge in [-0.3, -0.25) is 0 Å². The van der Waals surface area contributed by atoms with Crippen LogP contribution in [-0.2, 0) is 29.1 Å². The minimum Gasteiger partial charge on any atom is -0.310 e. The average Bonchev–Trinajstić information content (AvgIpc) is 1.06. The molecule has 11 aromatic carbocycles. The molecule has 0 saturated heterocycles. The van der Waals surface area contributed by atoms with E-state index in [1.54, 1.807) is 0 Å².